The first-order valence-corrected chi connectivity index (χ1v) is 10.4. The zero-order valence-electron chi connectivity index (χ0n) is 15.5. The van der Waals surface area contributed by atoms with Crippen molar-refractivity contribution >= 4 is 21.7 Å². The van der Waals surface area contributed by atoms with Crippen molar-refractivity contribution < 1.29 is 13.2 Å². The van der Waals surface area contributed by atoms with Crippen LogP contribution < -0.4 is 10.0 Å². The van der Waals surface area contributed by atoms with Crippen LogP contribution in [0.25, 0.3) is 11.3 Å². The smallest absolute Gasteiger partial charge is 0.263 e. The molecule has 8 heteroatoms. The summed E-state index contributed by atoms with van der Waals surface area (Å²) in [5.74, 6) is -0.0634. The summed E-state index contributed by atoms with van der Waals surface area (Å²) < 4.78 is 28.0. The summed E-state index contributed by atoms with van der Waals surface area (Å²) in [5, 5.41) is 9.66. The van der Waals surface area contributed by atoms with Crippen LogP contribution in [0.4, 0.5) is 5.82 Å². The molecule has 4 rings (SSSR count). The molecule has 1 amide bonds. The molecule has 1 aliphatic rings. The first-order chi connectivity index (χ1) is 13.3. The van der Waals surface area contributed by atoms with Crippen LogP contribution in [-0.4, -0.2) is 31.1 Å². The number of aromatic nitrogens is 2. The van der Waals surface area contributed by atoms with E-state index in [4.69, 9.17) is 0 Å². The van der Waals surface area contributed by atoms with Crippen LogP contribution in [-0.2, 0) is 16.4 Å². The van der Waals surface area contributed by atoms with E-state index in [0.29, 0.717) is 24.2 Å². The largest absolute Gasteiger partial charge is 0.352 e. The van der Waals surface area contributed by atoms with Gasteiger partial charge in [-0.2, -0.15) is 5.10 Å². The summed E-state index contributed by atoms with van der Waals surface area (Å²) in [7, 11) is -3.87. The molecule has 0 saturated heterocycles. The van der Waals surface area contributed by atoms with Gasteiger partial charge in [0.1, 0.15) is 0 Å². The maximum Gasteiger partial charge on any atom is 0.263 e. The molecule has 0 atom stereocenters. The van der Waals surface area contributed by atoms with Crippen molar-refractivity contribution in [2.24, 2.45) is 0 Å². The van der Waals surface area contributed by atoms with Crippen LogP contribution >= 0.6 is 0 Å². The molecular formula is C20H20N4O3S. The van der Waals surface area contributed by atoms with E-state index in [1.54, 1.807) is 12.1 Å². The number of hydrogen-bond acceptors (Lipinski definition) is 4. The Hall–Kier alpha value is -3.13. The number of nitrogens with zero attached hydrogens (tertiary/aromatic N) is 1. The van der Waals surface area contributed by atoms with Crippen molar-refractivity contribution in [3.05, 3.63) is 64.7 Å². The molecule has 7 nitrogen and oxygen atoms in total. The summed E-state index contributed by atoms with van der Waals surface area (Å²) in [6.45, 7) is 4.57. The lowest BCUT2D eigenvalue weighted by Gasteiger charge is -2.17. The van der Waals surface area contributed by atoms with E-state index in [-0.39, 0.29) is 16.6 Å². The molecule has 2 aromatic carbocycles. The lowest BCUT2D eigenvalue weighted by atomic mass is 10.0. The second kappa shape index (κ2) is 6.79. The highest BCUT2D eigenvalue weighted by molar-refractivity contribution is 7.92. The second-order valence-corrected chi connectivity index (χ2v) is 8.66. The number of aromatic amines is 1. The number of rotatable bonds is 4. The highest BCUT2D eigenvalue weighted by Crippen LogP contribution is 2.25. The van der Waals surface area contributed by atoms with Crippen molar-refractivity contribution in [1.82, 2.24) is 15.5 Å². The van der Waals surface area contributed by atoms with Crippen LogP contribution in [0.15, 0.2) is 47.4 Å². The van der Waals surface area contributed by atoms with Gasteiger partial charge in [-0.3, -0.25) is 14.6 Å². The average molecular weight is 396 g/mol. The predicted molar refractivity (Wildman–Crippen MR) is 107 cm³/mol. The molecule has 0 bridgehead atoms. The molecule has 1 aliphatic heterocycles. The minimum Gasteiger partial charge on any atom is -0.352 e. The fraction of sp³-hybridized carbons (Fsp3) is 0.200. The average Bonchev–Trinajstić information content (AvgIpc) is 3.09. The molecule has 0 unspecified atom stereocenters. The lowest BCUT2D eigenvalue weighted by molar-refractivity contribution is 0.0945. The Morgan fingerprint density at radius 3 is 2.54 bits per heavy atom. The van der Waals surface area contributed by atoms with Crippen molar-refractivity contribution in [3.8, 4) is 11.3 Å². The third-order valence-corrected chi connectivity index (χ3v) is 6.02. The summed E-state index contributed by atoms with van der Waals surface area (Å²) in [5.41, 5.74) is 5.11. The van der Waals surface area contributed by atoms with E-state index in [2.05, 4.69) is 26.3 Å². The first-order valence-electron chi connectivity index (χ1n) is 8.90. The number of carbonyl (C=O) groups is 1. The monoisotopic (exact) mass is 396 g/mol. The number of benzene rings is 2. The number of H-pyrrole nitrogens is 1. The molecule has 0 spiro atoms. The van der Waals surface area contributed by atoms with Crippen LogP contribution in [0.3, 0.4) is 0 Å². The Bertz CT molecular complexity index is 1160. The second-order valence-electron chi connectivity index (χ2n) is 6.97. The molecular weight excluding hydrogens is 376 g/mol. The Balaban J connectivity index is 1.61. The molecule has 0 fully saturated rings. The third kappa shape index (κ3) is 3.50. The van der Waals surface area contributed by atoms with Gasteiger partial charge in [-0.15, -0.1) is 0 Å². The highest BCUT2D eigenvalue weighted by atomic mass is 32.2. The van der Waals surface area contributed by atoms with E-state index >= 15 is 0 Å². The quantitative estimate of drug-likeness (QED) is 0.631. The predicted octanol–water partition coefficient (Wildman–Crippen LogP) is 2.78. The molecule has 0 saturated carbocycles. The molecule has 0 aliphatic carbocycles. The standard InChI is InChI=1S/C20H20N4O3S/c1-12-7-13(2)9-15(8-12)18-11-19(23-22-18)24-28(26,27)16-4-3-14-5-6-21-20(25)17(14)10-16/h3-4,7-11H,5-6H2,1-2H3,(H,21,25)(H2,22,23,24). The van der Waals surface area contributed by atoms with Gasteiger partial charge in [0.2, 0.25) is 0 Å². The first kappa shape index (κ1) is 18.2. The minimum atomic E-state index is -3.87. The van der Waals surface area contributed by atoms with E-state index < -0.39 is 10.0 Å². The summed E-state index contributed by atoms with van der Waals surface area (Å²) in [6, 6.07) is 12.3. The summed E-state index contributed by atoms with van der Waals surface area (Å²) in [4.78, 5) is 12.0. The van der Waals surface area contributed by atoms with E-state index in [0.717, 1.165) is 22.3 Å². The Morgan fingerprint density at radius 1 is 1.04 bits per heavy atom. The highest BCUT2D eigenvalue weighted by Gasteiger charge is 2.22. The van der Waals surface area contributed by atoms with Crippen molar-refractivity contribution in [3.63, 3.8) is 0 Å². The van der Waals surface area contributed by atoms with Crippen LogP contribution in [0.2, 0.25) is 0 Å². The van der Waals surface area contributed by atoms with Gasteiger partial charge in [-0.1, -0.05) is 23.3 Å². The van der Waals surface area contributed by atoms with Gasteiger partial charge in [0.25, 0.3) is 15.9 Å². The van der Waals surface area contributed by atoms with E-state index in [1.165, 1.54) is 12.1 Å². The number of carbonyl (C=O) groups excluding carboxylic acids is 1. The lowest BCUT2D eigenvalue weighted by Crippen LogP contribution is -2.32. The number of aryl methyl sites for hydroxylation is 2. The zero-order valence-corrected chi connectivity index (χ0v) is 16.4. The van der Waals surface area contributed by atoms with Gasteiger partial charge in [-0.05, 0) is 50.1 Å². The Labute approximate surface area is 163 Å². The number of sulfonamides is 1. The van der Waals surface area contributed by atoms with Gasteiger partial charge in [0, 0.05) is 23.7 Å². The van der Waals surface area contributed by atoms with Gasteiger partial charge in [0.05, 0.1) is 10.6 Å². The van der Waals surface area contributed by atoms with Gasteiger partial charge in [0.15, 0.2) is 5.82 Å². The van der Waals surface area contributed by atoms with Gasteiger partial charge >= 0.3 is 0 Å². The fourth-order valence-corrected chi connectivity index (χ4v) is 4.42. The van der Waals surface area contributed by atoms with Crippen molar-refractivity contribution in [2.45, 2.75) is 25.2 Å². The maximum atomic E-state index is 12.8. The van der Waals surface area contributed by atoms with Gasteiger partial charge in [-0.25, -0.2) is 8.42 Å². The van der Waals surface area contributed by atoms with Crippen LogP contribution in [0, 0.1) is 13.8 Å². The fourth-order valence-electron chi connectivity index (χ4n) is 3.41. The van der Waals surface area contributed by atoms with E-state index in [9.17, 15) is 13.2 Å². The molecule has 28 heavy (non-hydrogen) atoms. The molecule has 0 radical (unpaired) electrons. The number of anilines is 1. The molecule has 3 aromatic rings. The third-order valence-electron chi connectivity index (χ3n) is 4.67. The molecule has 1 aromatic heterocycles. The normalized spacial score (nSPS) is 13.7. The van der Waals surface area contributed by atoms with Crippen molar-refractivity contribution in [1.29, 1.82) is 0 Å². The minimum absolute atomic E-state index is 0.0271. The summed E-state index contributed by atoms with van der Waals surface area (Å²) >= 11 is 0. The number of amides is 1. The topological polar surface area (TPSA) is 104 Å². The molecule has 144 valence electrons. The zero-order chi connectivity index (χ0) is 19.9. The van der Waals surface area contributed by atoms with Crippen LogP contribution in [0.5, 0.6) is 0 Å². The Kier molecular flexibility index (Phi) is 4.43. The molecule has 3 N–H and O–H groups in total. The van der Waals surface area contributed by atoms with Crippen molar-refractivity contribution in [2.75, 3.05) is 11.3 Å². The maximum absolute atomic E-state index is 12.8. The number of fused-ring (bicyclic) bond motifs is 1. The van der Waals surface area contributed by atoms with E-state index in [1.807, 2.05) is 26.0 Å². The summed E-state index contributed by atoms with van der Waals surface area (Å²) in [6.07, 6.45) is 0.688. The number of hydrogen-bond donors (Lipinski definition) is 3. The molecule has 2 heterocycles. The SMILES string of the molecule is Cc1cc(C)cc(-c2cc(NS(=O)(=O)c3ccc4c(c3)C(=O)NCC4)n[nH]2)c1. The Morgan fingerprint density at radius 2 is 1.79 bits per heavy atom. The van der Waals surface area contributed by atoms with Crippen LogP contribution in [0.1, 0.15) is 27.0 Å². The van der Waals surface area contributed by atoms with Gasteiger partial charge < -0.3 is 5.32 Å². The number of nitrogens with one attached hydrogen (secondary N) is 3.